The first-order valence-corrected chi connectivity index (χ1v) is 11.8. The largest absolute Gasteiger partial charge is 0.325 e. The smallest absolute Gasteiger partial charge is 0.234 e. The predicted octanol–water partition coefficient (Wildman–Crippen LogP) is 6.52. The molecule has 7 heteroatoms. The van der Waals surface area contributed by atoms with Gasteiger partial charge in [0.1, 0.15) is 11.4 Å². The second-order valence-electron chi connectivity index (χ2n) is 7.77. The maximum atomic E-state index is 12.5. The molecule has 1 aromatic heterocycles. The Morgan fingerprint density at radius 1 is 0.848 bits per heavy atom. The number of nitrogens with one attached hydrogen (secondary N) is 1. The number of aromatic nitrogens is 3. The van der Waals surface area contributed by atoms with Crippen LogP contribution in [0.3, 0.4) is 0 Å². The highest BCUT2D eigenvalue weighted by Crippen LogP contribution is 2.30. The third kappa shape index (κ3) is 5.59. The normalized spacial score (nSPS) is 10.8. The van der Waals surface area contributed by atoms with E-state index in [1.165, 1.54) is 22.9 Å². The zero-order chi connectivity index (χ0) is 23.4. The molecule has 0 aliphatic carbocycles. The van der Waals surface area contributed by atoms with Crippen LogP contribution in [0.1, 0.15) is 16.7 Å². The molecule has 0 unspecified atom stereocenters. The molecule has 4 rings (SSSR count). The highest BCUT2D eigenvalue weighted by atomic mass is 35.5. The number of rotatable bonds is 6. The first kappa shape index (κ1) is 23.0. The number of carbonyl (C=O) groups excluding carboxylic acids is 1. The van der Waals surface area contributed by atoms with Gasteiger partial charge in [0.25, 0.3) is 0 Å². The molecule has 1 heterocycles. The van der Waals surface area contributed by atoms with Gasteiger partial charge in [-0.25, -0.2) is 4.98 Å². The van der Waals surface area contributed by atoms with Crippen molar-refractivity contribution < 1.29 is 4.79 Å². The van der Waals surface area contributed by atoms with Crippen molar-refractivity contribution in [3.8, 4) is 22.5 Å². The molecule has 0 aliphatic heterocycles. The van der Waals surface area contributed by atoms with Gasteiger partial charge in [-0.05, 0) is 38.5 Å². The monoisotopic (exact) mass is 474 g/mol. The summed E-state index contributed by atoms with van der Waals surface area (Å²) in [7, 11) is 0. The Morgan fingerprint density at radius 3 is 2.09 bits per heavy atom. The van der Waals surface area contributed by atoms with E-state index >= 15 is 0 Å². The van der Waals surface area contributed by atoms with Gasteiger partial charge in [0.2, 0.25) is 11.1 Å². The second-order valence-corrected chi connectivity index (χ2v) is 9.12. The predicted molar refractivity (Wildman–Crippen MR) is 136 cm³/mol. The third-order valence-corrected chi connectivity index (χ3v) is 6.44. The summed E-state index contributed by atoms with van der Waals surface area (Å²) in [6.45, 7) is 5.96. The van der Waals surface area contributed by atoms with Gasteiger partial charge in [0, 0.05) is 21.8 Å². The lowest BCUT2D eigenvalue weighted by Crippen LogP contribution is -2.15. The third-order valence-electron chi connectivity index (χ3n) is 5.19. The number of hydrogen-bond acceptors (Lipinski definition) is 5. The molecule has 33 heavy (non-hydrogen) atoms. The summed E-state index contributed by atoms with van der Waals surface area (Å²) in [5.41, 5.74) is 7.21. The standard InChI is InChI=1S/C26H23ClN4OS/c1-16-7-11-19(12-8-16)24-25(20-13-9-17(2)10-14-20)30-31-26(29-24)33-15-23(32)28-22-6-4-5-21(27)18(22)3/h4-14H,15H2,1-3H3,(H,28,32). The number of hydrogen-bond donors (Lipinski definition) is 1. The maximum absolute atomic E-state index is 12.5. The molecule has 0 spiro atoms. The van der Waals surface area contributed by atoms with Crippen molar-refractivity contribution in [1.82, 2.24) is 15.2 Å². The first-order chi connectivity index (χ1) is 15.9. The molecule has 1 N–H and O–H groups in total. The summed E-state index contributed by atoms with van der Waals surface area (Å²) in [4.78, 5) is 17.3. The zero-order valence-electron chi connectivity index (χ0n) is 18.6. The number of nitrogens with zero attached hydrogens (tertiary/aromatic N) is 3. The van der Waals surface area contributed by atoms with Crippen LogP contribution in [0.15, 0.2) is 71.9 Å². The lowest BCUT2D eigenvalue weighted by Gasteiger charge is -2.11. The van der Waals surface area contributed by atoms with Crippen LogP contribution in [-0.4, -0.2) is 26.8 Å². The van der Waals surface area contributed by atoms with E-state index in [9.17, 15) is 4.79 Å². The summed E-state index contributed by atoms with van der Waals surface area (Å²) >= 11 is 7.39. The van der Waals surface area contributed by atoms with Gasteiger partial charge in [-0.3, -0.25) is 4.79 Å². The fraction of sp³-hybridized carbons (Fsp3) is 0.154. The summed E-state index contributed by atoms with van der Waals surface area (Å²) in [6.07, 6.45) is 0. The molecule has 0 saturated carbocycles. The minimum atomic E-state index is -0.159. The Balaban J connectivity index is 1.58. The SMILES string of the molecule is Cc1ccc(-c2nnc(SCC(=O)Nc3cccc(Cl)c3C)nc2-c2ccc(C)cc2)cc1. The Bertz CT molecular complexity index is 1290. The van der Waals surface area contributed by atoms with E-state index in [2.05, 4.69) is 15.5 Å². The van der Waals surface area contributed by atoms with Crippen molar-refractivity contribution in [3.63, 3.8) is 0 Å². The van der Waals surface area contributed by atoms with E-state index < -0.39 is 0 Å². The summed E-state index contributed by atoms with van der Waals surface area (Å²) < 4.78 is 0. The number of thioether (sulfide) groups is 1. The fourth-order valence-corrected chi connectivity index (χ4v) is 4.01. The molecule has 166 valence electrons. The van der Waals surface area contributed by atoms with Crippen LogP contribution in [0.4, 0.5) is 5.69 Å². The summed E-state index contributed by atoms with van der Waals surface area (Å²) in [6, 6.07) is 21.7. The molecule has 0 fully saturated rings. The molecule has 0 aliphatic rings. The minimum Gasteiger partial charge on any atom is -0.325 e. The Kier molecular flexibility index (Phi) is 7.06. The lowest BCUT2D eigenvalue weighted by atomic mass is 10.0. The van der Waals surface area contributed by atoms with Gasteiger partial charge < -0.3 is 5.32 Å². The van der Waals surface area contributed by atoms with Crippen molar-refractivity contribution in [2.75, 3.05) is 11.1 Å². The van der Waals surface area contributed by atoms with E-state index in [4.69, 9.17) is 16.6 Å². The lowest BCUT2D eigenvalue weighted by molar-refractivity contribution is -0.113. The van der Waals surface area contributed by atoms with Crippen LogP contribution < -0.4 is 5.32 Å². The summed E-state index contributed by atoms with van der Waals surface area (Å²) in [5, 5.41) is 12.7. The molecule has 5 nitrogen and oxygen atoms in total. The van der Waals surface area contributed by atoms with Gasteiger partial charge in [-0.2, -0.15) is 0 Å². The Labute approximate surface area is 202 Å². The quantitative estimate of drug-likeness (QED) is 0.322. The second kappa shape index (κ2) is 10.1. The molecule has 0 atom stereocenters. The molecule has 4 aromatic rings. The maximum Gasteiger partial charge on any atom is 0.234 e. The summed E-state index contributed by atoms with van der Waals surface area (Å²) in [5.74, 6) is -0.00124. The highest BCUT2D eigenvalue weighted by Gasteiger charge is 2.15. The molecule has 3 aromatic carbocycles. The van der Waals surface area contributed by atoms with Crippen molar-refractivity contribution in [2.45, 2.75) is 25.9 Å². The van der Waals surface area contributed by atoms with Crippen molar-refractivity contribution >= 4 is 35.0 Å². The molecule has 1 amide bonds. The Morgan fingerprint density at radius 2 is 1.45 bits per heavy atom. The number of aryl methyl sites for hydroxylation is 2. The van der Waals surface area contributed by atoms with Gasteiger partial charge in [0.05, 0.1) is 5.75 Å². The van der Waals surface area contributed by atoms with E-state index in [1.54, 1.807) is 6.07 Å². The van der Waals surface area contributed by atoms with Gasteiger partial charge in [-0.1, -0.05) is 89.1 Å². The number of halogens is 1. The number of carbonyl (C=O) groups is 1. The van der Waals surface area contributed by atoms with Crippen LogP contribution in [0.25, 0.3) is 22.5 Å². The van der Waals surface area contributed by atoms with Crippen LogP contribution in [0.5, 0.6) is 0 Å². The van der Waals surface area contributed by atoms with Crippen molar-refractivity contribution in [1.29, 1.82) is 0 Å². The topological polar surface area (TPSA) is 67.8 Å². The van der Waals surface area contributed by atoms with Gasteiger partial charge >= 0.3 is 0 Å². The molecule has 0 radical (unpaired) electrons. The van der Waals surface area contributed by atoms with Crippen LogP contribution in [-0.2, 0) is 4.79 Å². The van der Waals surface area contributed by atoms with E-state index in [0.717, 1.165) is 22.4 Å². The molecule has 0 saturated heterocycles. The van der Waals surface area contributed by atoms with Crippen LogP contribution in [0, 0.1) is 20.8 Å². The van der Waals surface area contributed by atoms with E-state index in [1.807, 2.05) is 81.4 Å². The number of amides is 1. The molecular weight excluding hydrogens is 452 g/mol. The number of benzene rings is 3. The van der Waals surface area contributed by atoms with Crippen molar-refractivity contribution in [2.24, 2.45) is 0 Å². The Hall–Kier alpha value is -3.22. The van der Waals surface area contributed by atoms with Crippen LogP contribution in [0.2, 0.25) is 5.02 Å². The highest BCUT2D eigenvalue weighted by molar-refractivity contribution is 7.99. The van der Waals surface area contributed by atoms with Gasteiger partial charge in [-0.15, -0.1) is 10.2 Å². The minimum absolute atomic E-state index is 0.158. The first-order valence-electron chi connectivity index (χ1n) is 10.5. The average molecular weight is 475 g/mol. The molecule has 0 bridgehead atoms. The fourth-order valence-electron chi connectivity index (χ4n) is 3.25. The number of anilines is 1. The van der Waals surface area contributed by atoms with E-state index in [-0.39, 0.29) is 11.7 Å². The van der Waals surface area contributed by atoms with Crippen molar-refractivity contribution in [3.05, 3.63) is 88.4 Å². The van der Waals surface area contributed by atoms with Gasteiger partial charge in [0.15, 0.2) is 0 Å². The average Bonchev–Trinajstić information content (AvgIpc) is 2.82. The molecular formula is C26H23ClN4OS. The van der Waals surface area contributed by atoms with E-state index in [0.29, 0.717) is 21.6 Å². The van der Waals surface area contributed by atoms with Crippen LogP contribution >= 0.6 is 23.4 Å². The zero-order valence-corrected chi connectivity index (χ0v) is 20.2.